The number of nitrogens with one attached hydrogen (secondary N) is 1. The second kappa shape index (κ2) is 10.1. The number of rotatable bonds is 6. The molecule has 0 fully saturated rings. The highest BCUT2D eigenvalue weighted by atomic mass is 16.6. The monoisotopic (exact) mass is 463 g/mol. The Morgan fingerprint density at radius 3 is 2.44 bits per heavy atom. The van der Waals surface area contributed by atoms with E-state index in [-0.39, 0.29) is 18.2 Å². The highest BCUT2D eigenvalue weighted by Gasteiger charge is 2.28. The van der Waals surface area contributed by atoms with Crippen molar-refractivity contribution in [3.8, 4) is 5.75 Å². The lowest BCUT2D eigenvalue weighted by atomic mass is 9.90. The number of carbonyl (C=O) groups is 2. The molecule has 0 unspecified atom stereocenters. The number of benzene rings is 2. The van der Waals surface area contributed by atoms with Gasteiger partial charge in [-0.1, -0.05) is 44.2 Å². The van der Waals surface area contributed by atoms with Gasteiger partial charge >= 0.3 is 17.7 Å². The van der Waals surface area contributed by atoms with Gasteiger partial charge in [0.2, 0.25) is 0 Å². The predicted octanol–water partition coefficient (Wildman–Crippen LogP) is 4.84. The molecule has 1 amide bonds. The van der Waals surface area contributed by atoms with Gasteiger partial charge in [-0.15, -0.1) is 0 Å². The van der Waals surface area contributed by atoms with Crippen LogP contribution in [-0.4, -0.2) is 18.1 Å². The molecule has 34 heavy (non-hydrogen) atoms. The zero-order valence-corrected chi connectivity index (χ0v) is 19.7. The molecule has 0 bridgehead atoms. The Bertz CT molecular complexity index is 1260. The maximum Gasteiger partial charge on any atom is 0.408 e. The first-order valence-electron chi connectivity index (χ1n) is 11.6. The summed E-state index contributed by atoms with van der Waals surface area (Å²) in [5.41, 5.74) is 3.31. The summed E-state index contributed by atoms with van der Waals surface area (Å²) >= 11 is 0. The van der Waals surface area contributed by atoms with Crippen molar-refractivity contribution in [3.63, 3.8) is 0 Å². The number of ether oxygens (including phenoxy) is 2. The molecule has 0 aliphatic heterocycles. The Kier molecular flexibility index (Phi) is 7.01. The molecule has 0 saturated heterocycles. The van der Waals surface area contributed by atoms with Gasteiger partial charge in [-0.05, 0) is 61.8 Å². The number of alkyl carbamates (subject to hydrolysis) is 1. The summed E-state index contributed by atoms with van der Waals surface area (Å²) in [6.45, 7) is 5.47. The Morgan fingerprint density at radius 2 is 1.74 bits per heavy atom. The number of fused-ring (bicyclic) bond motifs is 3. The normalized spacial score (nSPS) is 13.9. The zero-order chi connectivity index (χ0) is 24.2. The Hall–Kier alpha value is -3.61. The number of amides is 1. The van der Waals surface area contributed by atoms with Crippen LogP contribution in [0.3, 0.4) is 0 Å². The molecule has 178 valence electrons. The van der Waals surface area contributed by atoms with Gasteiger partial charge < -0.3 is 19.2 Å². The lowest BCUT2D eigenvalue weighted by Gasteiger charge is -2.21. The van der Waals surface area contributed by atoms with E-state index in [4.69, 9.17) is 13.9 Å². The predicted molar refractivity (Wildman–Crippen MR) is 128 cm³/mol. The summed E-state index contributed by atoms with van der Waals surface area (Å²) < 4.78 is 16.5. The minimum absolute atomic E-state index is 0.0969. The van der Waals surface area contributed by atoms with Crippen molar-refractivity contribution in [2.45, 2.75) is 59.1 Å². The molecule has 1 aliphatic carbocycles. The fourth-order valence-electron chi connectivity index (χ4n) is 4.30. The van der Waals surface area contributed by atoms with Crippen molar-refractivity contribution in [3.05, 3.63) is 75.1 Å². The number of aryl methyl sites for hydroxylation is 2. The molecule has 1 aromatic heterocycles. The Balaban J connectivity index is 1.50. The molecular weight excluding hydrogens is 434 g/mol. The van der Waals surface area contributed by atoms with Crippen LogP contribution in [0.2, 0.25) is 0 Å². The first kappa shape index (κ1) is 23.5. The summed E-state index contributed by atoms with van der Waals surface area (Å²) in [4.78, 5) is 37.8. The third kappa shape index (κ3) is 4.98. The van der Waals surface area contributed by atoms with Crippen LogP contribution in [0.1, 0.15) is 48.9 Å². The van der Waals surface area contributed by atoms with E-state index in [9.17, 15) is 14.4 Å². The van der Waals surface area contributed by atoms with Crippen LogP contribution in [0.5, 0.6) is 5.75 Å². The highest BCUT2D eigenvalue weighted by molar-refractivity contribution is 5.88. The van der Waals surface area contributed by atoms with Gasteiger partial charge in [-0.3, -0.25) is 0 Å². The minimum Gasteiger partial charge on any atom is -0.445 e. The van der Waals surface area contributed by atoms with Gasteiger partial charge in [0.25, 0.3) is 0 Å². The number of hydrogen-bond donors (Lipinski definition) is 1. The lowest BCUT2D eigenvalue weighted by Crippen LogP contribution is -2.46. The van der Waals surface area contributed by atoms with Crippen molar-refractivity contribution >= 4 is 23.0 Å². The maximum absolute atomic E-state index is 13.0. The van der Waals surface area contributed by atoms with Crippen LogP contribution in [0, 0.1) is 12.8 Å². The largest absolute Gasteiger partial charge is 0.445 e. The van der Waals surface area contributed by atoms with Crippen LogP contribution >= 0.6 is 0 Å². The summed E-state index contributed by atoms with van der Waals surface area (Å²) in [6, 6.07) is 11.9. The first-order chi connectivity index (χ1) is 16.3. The number of carbonyl (C=O) groups excluding carboxylic acids is 2. The van der Waals surface area contributed by atoms with Crippen LogP contribution in [-0.2, 0) is 29.0 Å². The van der Waals surface area contributed by atoms with Crippen molar-refractivity contribution in [2.24, 2.45) is 5.92 Å². The van der Waals surface area contributed by atoms with E-state index in [1.807, 2.05) is 50.2 Å². The molecule has 0 saturated carbocycles. The van der Waals surface area contributed by atoms with Gasteiger partial charge in [0.15, 0.2) is 0 Å². The second-order valence-electron chi connectivity index (χ2n) is 8.97. The fourth-order valence-corrected chi connectivity index (χ4v) is 4.30. The third-order valence-electron chi connectivity index (χ3n) is 6.21. The van der Waals surface area contributed by atoms with Gasteiger partial charge in [-0.2, -0.15) is 0 Å². The van der Waals surface area contributed by atoms with Crippen LogP contribution in [0.15, 0.2) is 51.7 Å². The molecular formula is C27H29NO6. The summed E-state index contributed by atoms with van der Waals surface area (Å²) in [7, 11) is 0. The third-order valence-corrected chi connectivity index (χ3v) is 6.21. The number of esters is 1. The fraction of sp³-hybridized carbons (Fsp3) is 0.370. The van der Waals surface area contributed by atoms with Crippen molar-refractivity contribution < 1.29 is 23.5 Å². The molecule has 0 spiro atoms. The van der Waals surface area contributed by atoms with Crippen molar-refractivity contribution in [1.29, 1.82) is 0 Å². The molecule has 3 aromatic rings. The second-order valence-corrected chi connectivity index (χ2v) is 8.97. The van der Waals surface area contributed by atoms with Gasteiger partial charge in [-0.25, -0.2) is 14.4 Å². The topological polar surface area (TPSA) is 94.8 Å². The first-order valence-corrected chi connectivity index (χ1v) is 11.6. The SMILES string of the molecule is Cc1c(OC(=O)[C@H](NC(=O)OCc2ccccc2)C(C)C)ccc2c3c(c(=O)oc12)CCCC3. The highest BCUT2D eigenvalue weighted by Crippen LogP contribution is 2.32. The summed E-state index contributed by atoms with van der Waals surface area (Å²) in [6.07, 6.45) is 2.87. The molecule has 2 aromatic carbocycles. The molecule has 7 nitrogen and oxygen atoms in total. The average Bonchev–Trinajstić information content (AvgIpc) is 2.84. The smallest absolute Gasteiger partial charge is 0.408 e. The molecule has 1 N–H and O–H groups in total. The van der Waals surface area contributed by atoms with E-state index in [1.54, 1.807) is 13.0 Å². The van der Waals surface area contributed by atoms with E-state index < -0.39 is 18.1 Å². The van der Waals surface area contributed by atoms with E-state index in [2.05, 4.69) is 5.32 Å². The van der Waals surface area contributed by atoms with Crippen LogP contribution in [0.4, 0.5) is 4.79 Å². The minimum atomic E-state index is -0.908. The quantitative estimate of drug-likeness (QED) is 0.319. The van der Waals surface area contributed by atoms with Crippen molar-refractivity contribution in [2.75, 3.05) is 0 Å². The van der Waals surface area contributed by atoms with Gasteiger partial charge in [0, 0.05) is 16.5 Å². The molecule has 0 radical (unpaired) electrons. The van der Waals surface area contributed by atoms with Crippen LogP contribution < -0.4 is 15.7 Å². The van der Waals surface area contributed by atoms with Crippen molar-refractivity contribution in [1.82, 2.24) is 5.32 Å². The lowest BCUT2D eigenvalue weighted by molar-refractivity contribution is -0.137. The molecule has 4 rings (SSSR count). The molecule has 1 atom stereocenters. The van der Waals surface area contributed by atoms with E-state index in [0.29, 0.717) is 16.9 Å². The Morgan fingerprint density at radius 1 is 1.03 bits per heavy atom. The van der Waals surface area contributed by atoms with E-state index >= 15 is 0 Å². The molecule has 1 aliphatic rings. The Labute approximate surface area is 198 Å². The van der Waals surface area contributed by atoms with E-state index in [1.165, 1.54) is 0 Å². The zero-order valence-electron chi connectivity index (χ0n) is 19.7. The van der Waals surface area contributed by atoms with Gasteiger partial charge in [0.05, 0.1) is 0 Å². The summed E-state index contributed by atoms with van der Waals surface area (Å²) in [5.74, 6) is -0.557. The van der Waals surface area contributed by atoms with Gasteiger partial charge in [0.1, 0.15) is 24.0 Å². The van der Waals surface area contributed by atoms with Crippen LogP contribution in [0.25, 0.3) is 11.0 Å². The standard InChI is InChI=1S/C27H29NO6/c1-16(2)23(28-27(31)32-15-18-9-5-4-6-10-18)26(30)33-22-14-13-20-19-11-7-8-12-21(19)25(29)34-24(20)17(22)3/h4-6,9-10,13-14,16,23H,7-8,11-12,15H2,1-3H3,(H,28,31)/t23-/m1/s1. The van der Waals surface area contributed by atoms with E-state index in [0.717, 1.165) is 47.8 Å². The number of hydrogen-bond acceptors (Lipinski definition) is 6. The molecule has 1 heterocycles. The molecule has 7 heteroatoms. The maximum atomic E-state index is 13.0. The average molecular weight is 464 g/mol. The summed E-state index contributed by atoms with van der Waals surface area (Å²) in [5, 5.41) is 3.49.